The van der Waals surface area contributed by atoms with Gasteiger partial charge in [0.2, 0.25) is 0 Å². The number of hydrogen-bond donors (Lipinski definition) is 5. The summed E-state index contributed by atoms with van der Waals surface area (Å²) in [6.45, 7) is 1.58. The van der Waals surface area contributed by atoms with Gasteiger partial charge >= 0.3 is 0 Å². The Morgan fingerprint density at radius 3 is 1.94 bits per heavy atom. The molecular formula is C17H15N3O10S3. The monoisotopic (exact) mass is 517 g/mol. The van der Waals surface area contributed by atoms with Crippen molar-refractivity contribution in [2.75, 3.05) is 5.73 Å². The lowest BCUT2D eigenvalue weighted by Crippen LogP contribution is -2.03. The van der Waals surface area contributed by atoms with Gasteiger partial charge in [-0.05, 0) is 42.1 Å². The van der Waals surface area contributed by atoms with Crippen LogP contribution in [0.1, 0.15) is 5.56 Å². The predicted molar refractivity (Wildman–Crippen MR) is 115 cm³/mol. The van der Waals surface area contributed by atoms with E-state index < -0.39 is 62.2 Å². The van der Waals surface area contributed by atoms with E-state index in [2.05, 4.69) is 10.2 Å². The van der Waals surface area contributed by atoms with Crippen molar-refractivity contribution in [2.24, 2.45) is 10.2 Å². The van der Waals surface area contributed by atoms with Gasteiger partial charge in [0.15, 0.2) is 0 Å². The van der Waals surface area contributed by atoms with E-state index in [1.807, 2.05) is 0 Å². The maximum Gasteiger partial charge on any atom is 0.296 e. The fourth-order valence-electron chi connectivity index (χ4n) is 2.97. The average molecular weight is 518 g/mol. The molecule has 0 saturated carbocycles. The van der Waals surface area contributed by atoms with Crippen LogP contribution in [-0.4, -0.2) is 44.0 Å². The van der Waals surface area contributed by atoms with Crippen LogP contribution in [-0.2, 0) is 30.4 Å². The van der Waals surface area contributed by atoms with Crippen molar-refractivity contribution in [3.8, 4) is 5.75 Å². The summed E-state index contributed by atoms with van der Waals surface area (Å²) in [7, 11) is -14.6. The highest BCUT2D eigenvalue weighted by Gasteiger charge is 2.24. The molecule has 0 heterocycles. The fourth-order valence-corrected chi connectivity index (χ4v) is 4.78. The molecule has 16 heteroatoms. The number of aryl methyl sites for hydroxylation is 1. The first-order chi connectivity index (χ1) is 15.0. The van der Waals surface area contributed by atoms with E-state index in [-0.39, 0.29) is 16.5 Å². The Morgan fingerprint density at radius 1 is 0.788 bits per heavy atom. The first-order valence-electron chi connectivity index (χ1n) is 8.54. The van der Waals surface area contributed by atoms with E-state index in [9.17, 15) is 44.0 Å². The fraction of sp³-hybridized carbons (Fsp3) is 0.0588. The number of fused-ring (bicyclic) bond motifs is 1. The molecule has 6 N–H and O–H groups in total. The molecule has 33 heavy (non-hydrogen) atoms. The molecule has 0 atom stereocenters. The summed E-state index contributed by atoms with van der Waals surface area (Å²) in [5.41, 5.74) is 4.78. The topological polar surface area (TPSA) is 234 Å². The number of anilines is 1. The maximum atomic E-state index is 11.9. The van der Waals surface area contributed by atoms with Crippen molar-refractivity contribution < 1.29 is 44.0 Å². The number of nitrogens with zero attached hydrogens (tertiary/aromatic N) is 2. The normalized spacial score (nSPS) is 13.1. The number of benzene rings is 3. The summed E-state index contributed by atoms with van der Waals surface area (Å²) in [5.74, 6) is -0.773. The Bertz CT molecular complexity index is 1660. The van der Waals surface area contributed by atoms with Gasteiger partial charge in [0.1, 0.15) is 26.9 Å². The van der Waals surface area contributed by atoms with Gasteiger partial charge < -0.3 is 10.8 Å². The third kappa shape index (κ3) is 4.95. The van der Waals surface area contributed by atoms with Crippen molar-refractivity contribution in [1.82, 2.24) is 0 Å². The molecule has 3 aromatic rings. The second kappa shape index (κ2) is 8.01. The molecule has 0 unspecified atom stereocenters. The van der Waals surface area contributed by atoms with E-state index in [1.54, 1.807) is 6.92 Å². The van der Waals surface area contributed by atoms with Gasteiger partial charge in [0.25, 0.3) is 30.4 Å². The number of phenols is 1. The Hall–Kier alpha value is -3.15. The zero-order chi connectivity index (χ0) is 24.9. The summed E-state index contributed by atoms with van der Waals surface area (Å²) in [6.07, 6.45) is 0. The lowest BCUT2D eigenvalue weighted by Gasteiger charge is -2.12. The molecule has 13 nitrogen and oxygen atoms in total. The molecule has 176 valence electrons. The summed E-state index contributed by atoms with van der Waals surface area (Å²) in [6, 6.07) is 5.79. The van der Waals surface area contributed by atoms with Crippen LogP contribution in [0.25, 0.3) is 10.8 Å². The highest BCUT2D eigenvalue weighted by atomic mass is 32.2. The number of aromatic hydroxyl groups is 1. The summed E-state index contributed by atoms with van der Waals surface area (Å²) in [5, 5.41) is 16.9. The quantitative estimate of drug-likeness (QED) is 0.187. The molecule has 0 aliphatic rings. The zero-order valence-electron chi connectivity index (χ0n) is 16.4. The second-order valence-corrected chi connectivity index (χ2v) is 11.0. The Kier molecular flexibility index (Phi) is 5.95. The molecule has 0 aliphatic heterocycles. The van der Waals surface area contributed by atoms with Crippen LogP contribution in [0.15, 0.2) is 61.3 Å². The van der Waals surface area contributed by atoms with Crippen molar-refractivity contribution in [3.63, 3.8) is 0 Å². The van der Waals surface area contributed by atoms with Crippen LogP contribution >= 0.6 is 0 Å². The standard InChI is InChI=1S/C17H15N3O10S3/c1-8-2-3-13(32(25,26)27)11(4-8)19-20-17-14(33(28,29)30)6-9-5-10(31(22,23)24)7-12(21)15(9)16(17)18/h2-7,21H,18H2,1H3,(H,22,23,24)(H,25,26,27)(H,28,29,30). The minimum atomic E-state index is -5.05. The van der Waals surface area contributed by atoms with Crippen LogP contribution in [0.5, 0.6) is 5.75 Å². The van der Waals surface area contributed by atoms with Gasteiger partial charge in [0, 0.05) is 11.5 Å². The van der Waals surface area contributed by atoms with E-state index in [1.165, 1.54) is 12.1 Å². The molecule has 0 fully saturated rings. The van der Waals surface area contributed by atoms with Crippen LogP contribution in [0.2, 0.25) is 0 Å². The lowest BCUT2D eigenvalue weighted by molar-refractivity contribution is 0.471. The van der Waals surface area contributed by atoms with E-state index >= 15 is 0 Å². The van der Waals surface area contributed by atoms with Gasteiger partial charge in [-0.1, -0.05) is 6.07 Å². The molecule has 0 radical (unpaired) electrons. The smallest absolute Gasteiger partial charge is 0.296 e. The van der Waals surface area contributed by atoms with Crippen molar-refractivity contribution in [3.05, 3.63) is 42.0 Å². The zero-order valence-corrected chi connectivity index (χ0v) is 18.8. The van der Waals surface area contributed by atoms with Crippen molar-refractivity contribution >= 4 is 58.2 Å². The van der Waals surface area contributed by atoms with Crippen LogP contribution in [0, 0.1) is 6.92 Å². The van der Waals surface area contributed by atoms with Gasteiger partial charge in [-0.15, -0.1) is 10.2 Å². The van der Waals surface area contributed by atoms with Crippen molar-refractivity contribution in [1.29, 1.82) is 0 Å². The lowest BCUT2D eigenvalue weighted by atomic mass is 10.1. The molecule has 0 aliphatic carbocycles. The number of azo groups is 1. The second-order valence-electron chi connectivity index (χ2n) is 6.77. The van der Waals surface area contributed by atoms with Crippen molar-refractivity contribution in [2.45, 2.75) is 21.6 Å². The number of nitrogens with two attached hydrogens (primary N) is 1. The van der Waals surface area contributed by atoms with Gasteiger partial charge in [-0.2, -0.15) is 25.3 Å². The first kappa shape index (κ1) is 24.5. The SMILES string of the molecule is Cc1ccc(S(=O)(=O)O)c(N=Nc2c(S(=O)(=O)O)cc3cc(S(=O)(=O)O)cc(O)c3c2N)c1. The number of rotatable bonds is 5. The predicted octanol–water partition coefficient (Wildman–Crippen LogP) is 2.59. The van der Waals surface area contributed by atoms with Crippen LogP contribution in [0.4, 0.5) is 17.1 Å². The van der Waals surface area contributed by atoms with Crippen LogP contribution in [0.3, 0.4) is 0 Å². The molecule has 3 aromatic carbocycles. The third-order valence-corrected chi connectivity index (χ3v) is 6.99. The van der Waals surface area contributed by atoms with E-state index in [4.69, 9.17) is 5.73 Å². The molecule has 0 spiro atoms. The Morgan fingerprint density at radius 2 is 1.39 bits per heavy atom. The highest BCUT2D eigenvalue weighted by molar-refractivity contribution is 7.86. The number of hydrogen-bond acceptors (Lipinski definition) is 10. The summed E-state index contributed by atoms with van der Waals surface area (Å²) < 4.78 is 98.1. The van der Waals surface area contributed by atoms with E-state index in [0.29, 0.717) is 11.6 Å². The number of nitrogen functional groups attached to an aromatic ring is 1. The van der Waals surface area contributed by atoms with Gasteiger partial charge in [0.05, 0.1) is 10.6 Å². The highest BCUT2D eigenvalue weighted by Crippen LogP contribution is 2.43. The summed E-state index contributed by atoms with van der Waals surface area (Å²) >= 11 is 0. The van der Waals surface area contributed by atoms with E-state index in [0.717, 1.165) is 18.2 Å². The minimum absolute atomic E-state index is 0.289. The largest absolute Gasteiger partial charge is 0.507 e. The molecule has 0 aromatic heterocycles. The molecule has 3 rings (SSSR count). The third-order valence-electron chi connectivity index (χ3n) is 4.39. The maximum absolute atomic E-state index is 11.9. The average Bonchev–Trinajstić information content (AvgIpc) is 2.64. The van der Waals surface area contributed by atoms with Gasteiger partial charge in [-0.3, -0.25) is 13.7 Å². The van der Waals surface area contributed by atoms with Crippen LogP contribution < -0.4 is 5.73 Å². The molecule has 0 bridgehead atoms. The van der Waals surface area contributed by atoms with Gasteiger partial charge in [-0.25, -0.2) is 0 Å². The minimum Gasteiger partial charge on any atom is -0.507 e. The molecule has 0 saturated heterocycles. The Labute approximate surface area is 187 Å². The first-order valence-corrected chi connectivity index (χ1v) is 12.9. The molecule has 0 amide bonds. The Balaban J connectivity index is 2.38. The summed E-state index contributed by atoms with van der Waals surface area (Å²) in [4.78, 5) is -2.38. The molecular weight excluding hydrogens is 502 g/mol. The number of phenolic OH excluding ortho intramolecular Hbond substituents is 1.